The molecule has 1 heterocycles. The number of amides is 1. The van der Waals surface area contributed by atoms with Crippen LogP contribution in [0.4, 0.5) is 5.95 Å². The van der Waals surface area contributed by atoms with Gasteiger partial charge in [-0.05, 0) is 12.8 Å². The van der Waals surface area contributed by atoms with Crippen molar-refractivity contribution in [2.24, 2.45) is 12.5 Å². The van der Waals surface area contributed by atoms with Gasteiger partial charge in [0.05, 0.1) is 6.07 Å². The molecule has 0 atom stereocenters. The molecule has 1 fully saturated rings. The van der Waals surface area contributed by atoms with Gasteiger partial charge < -0.3 is 0 Å². The molecule has 1 aromatic rings. The second kappa shape index (κ2) is 5.17. The van der Waals surface area contributed by atoms with E-state index in [2.05, 4.69) is 21.5 Å². The van der Waals surface area contributed by atoms with Crippen LogP contribution in [0.2, 0.25) is 0 Å². The third kappa shape index (κ3) is 2.35. The Balaban J connectivity index is 2.15. The number of rotatable bonds is 2. The fraction of sp³-hybridized carbons (Fsp3) is 0.667. The zero-order chi connectivity index (χ0) is 13.0. The Bertz CT molecular complexity index is 465. The molecule has 1 N–H and O–H groups in total. The number of carbonyl (C=O) groups is 1. The zero-order valence-electron chi connectivity index (χ0n) is 10.5. The van der Waals surface area contributed by atoms with Gasteiger partial charge in [0.2, 0.25) is 11.9 Å². The standard InChI is InChI=1S/C12H17N5O/c1-17-11(14-9-15-17)16-10(18)12(8-13)6-4-2-3-5-7-12/h9H,2-7H2,1H3,(H,14,15,16,18). The smallest absolute Gasteiger partial charge is 0.247 e. The molecule has 6 nitrogen and oxygen atoms in total. The van der Waals surface area contributed by atoms with Gasteiger partial charge in [0.15, 0.2) is 0 Å². The van der Waals surface area contributed by atoms with Gasteiger partial charge in [-0.3, -0.25) is 10.1 Å². The monoisotopic (exact) mass is 247 g/mol. The number of aryl methyl sites for hydroxylation is 1. The molecule has 0 saturated heterocycles. The summed E-state index contributed by atoms with van der Waals surface area (Å²) in [6.45, 7) is 0. The van der Waals surface area contributed by atoms with Gasteiger partial charge in [-0.25, -0.2) is 4.68 Å². The first kappa shape index (κ1) is 12.6. The van der Waals surface area contributed by atoms with E-state index in [0.717, 1.165) is 25.7 Å². The van der Waals surface area contributed by atoms with Crippen molar-refractivity contribution in [1.29, 1.82) is 5.26 Å². The topological polar surface area (TPSA) is 83.6 Å². The first-order valence-corrected chi connectivity index (χ1v) is 6.25. The number of hydrogen-bond donors (Lipinski definition) is 1. The van der Waals surface area contributed by atoms with Gasteiger partial charge in [-0.15, -0.1) is 0 Å². The highest BCUT2D eigenvalue weighted by Crippen LogP contribution is 2.35. The number of nitrogens with zero attached hydrogens (tertiary/aromatic N) is 4. The van der Waals surface area contributed by atoms with Gasteiger partial charge in [0.25, 0.3) is 0 Å². The van der Waals surface area contributed by atoms with Gasteiger partial charge >= 0.3 is 0 Å². The lowest BCUT2D eigenvalue weighted by Crippen LogP contribution is -2.35. The maximum Gasteiger partial charge on any atom is 0.247 e. The average molecular weight is 247 g/mol. The molecule has 1 amide bonds. The minimum Gasteiger partial charge on any atom is -0.293 e. The predicted molar refractivity (Wildman–Crippen MR) is 65.4 cm³/mol. The van der Waals surface area contributed by atoms with Crippen molar-refractivity contribution in [2.45, 2.75) is 38.5 Å². The minimum absolute atomic E-state index is 0.247. The molecule has 1 aromatic heterocycles. The van der Waals surface area contributed by atoms with E-state index >= 15 is 0 Å². The second-order valence-electron chi connectivity index (χ2n) is 4.77. The van der Waals surface area contributed by atoms with Crippen LogP contribution < -0.4 is 5.32 Å². The summed E-state index contributed by atoms with van der Waals surface area (Å²) in [4.78, 5) is 16.3. The Labute approximate surface area is 106 Å². The third-order valence-electron chi connectivity index (χ3n) is 3.54. The van der Waals surface area contributed by atoms with E-state index < -0.39 is 5.41 Å². The van der Waals surface area contributed by atoms with E-state index in [4.69, 9.17) is 0 Å². The normalized spacial score (nSPS) is 18.7. The van der Waals surface area contributed by atoms with E-state index in [1.165, 1.54) is 11.0 Å². The molecule has 0 unspecified atom stereocenters. The van der Waals surface area contributed by atoms with Gasteiger partial charge in [-0.1, -0.05) is 25.7 Å². The van der Waals surface area contributed by atoms with E-state index in [0.29, 0.717) is 18.8 Å². The maximum absolute atomic E-state index is 12.3. The summed E-state index contributed by atoms with van der Waals surface area (Å²) in [6.07, 6.45) is 6.70. The fourth-order valence-electron chi connectivity index (χ4n) is 2.35. The van der Waals surface area contributed by atoms with E-state index in [-0.39, 0.29) is 5.91 Å². The summed E-state index contributed by atoms with van der Waals surface area (Å²) in [5.74, 6) is 0.141. The molecule has 1 aliphatic carbocycles. The van der Waals surface area contributed by atoms with Crippen LogP contribution in [-0.4, -0.2) is 20.7 Å². The van der Waals surface area contributed by atoms with Crippen LogP contribution in [0.15, 0.2) is 6.33 Å². The number of nitriles is 1. The molecular formula is C12H17N5O. The Morgan fingerprint density at radius 3 is 2.61 bits per heavy atom. The number of hydrogen-bond acceptors (Lipinski definition) is 4. The van der Waals surface area contributed by atoms with Crippen molar-refractivity contribution in [1.82, 2.24) is 14.8 Å². The number of aromatic nitrogens is 3. The quantitative estimate of drug-likeness (QED) is 0.805. The van der Waals surface area contributed by atoms with Gasteiger partial charge in [-0.2, -0.15) is 15.3 Å². The first-order valence-electron chi connectivity index (χ1n) is 6.25. The Kier molecular flexibility index (Phi) is 3.60. The Hall–Kier alpha value is -1.90. The van der Waals surface area contributed by atoms with Gasteiger partial charge in [0, 0.05) is 7.05 Å². The summed E-state index contributed by atoms with van der Waals surface area (Å²) < 4.78 is 1.49. The summed E-state index contributed by atoms with van der Waals surface area (Å²) >= 11 is 0. The average Bonchev–Trinajstić information content (AvgIpc) is 2.66. The highest BCUT2D eigenvalue weighted by atomic mass is 16.2. The van der Waals surface area contributed by atoms with Crippen molar-refractivity contribution >= 4 is 11.9 Å². The highest BCUT2D eigenvalue weighted by Gasteiger charge is 2.39. The maximum atomic E-state index is 12.3. The van der Waals surface area contributed by atoms with Crippen LogP contribution in [0, 0.1) is 16.7 Å². The minimum atomic E-state index is -0.900. The second-order valence-corrected chi connectivity index (χ2v) is 4.77. The highest BCUT2D eigenvalue weighted by molar-refractivity contribution is 5.96. The third-order valence-corrected chi connectivity index (χ3v) is 3.54. The summed E-state index contributed by atoms with van der Waals surface area (Å²) in [5, 5.41) is 16.0. The van der Waals surface area contributed by atoms with Crippen LogP contribution in [0.5, 0.6) is 0 Å². The molecule has 0 radical (unpaired) electrons. The van der Waals surface area contributed by atoms with Crippen molar-refractivity contribution in [3.63, 3.8) is 0 Å². The largest absolute Gasteiger partial charge is 0.293 e. The molecule has 2 rings (SSSR count). The molecule has 0 aromatic carbocycles. The summed E-state index contributed by atoms with van der Waals surface area (Å²) in [5.41, 5.74) is -0.900. The molecule has 96 valence electrons. The molecule has 0 bridgehead atoms. The Morgan fingerprint density at radius 1 is 1.44 bits per heavy atom. The van der Waals surface area contributed by atoms with Crippen LogP contribution in [0.25, 0.3) is 0 Å². The van der Waals surface area contributed by atoms with Crippen LogP contribution in [0.1, 0.15) is 38.5 Å². The zero-order valence-corrected chi connectivity index (χ0v) is 10.5. The van der Waals surface area contributed by atoms with Crippen LogP contribution >= 0.6 is 0 Å². The lowest BCUT2D eigenvalue weighted by molar-refractivity contribution is -0.123. The van der Waals surface area contributed by atoms with Crippen LogP contribution in [-0.2, 0) is 11.8 Å². The van der Waals surface area contributed by atoms with Crippen molar-refractivity contribution < 1.29 is 4.79 Å². The fourth-order valence-corrected chi connectivity index (χ4v) is 2.35. The number of anilines is 1. The van der Waals surface area contributed by atoms with E-state index in [1.807, 2.05) is 0 Å². The molecule has 1 saturated carbocycles. The summed E-state index contributed by atoms with van der Waals surface area (Å²) in [7, 11) is 1.70. The SMILES string of the molecule is Cn1ncnc1NC(=O)C1(C#N)CCCCCC1. The molecule has 1 aliphatic rings. The lowest BCUT2D eigenvalue weighted by atomic mass is 9.81. The Morgan fingerprint density at radius 2 is 2.11 bits per heavy atom. The van der Waals surface area contributed by atoms with Crippen LogP contribution in [0.3, 0.4) is 0 Å². The molecular weight excluding hydrogens is 230 g/mol. The predicted octanol–water partition coefficient (Wildman–Crippen LogP) is 1.62. The van der Waals surface area contributed by atoms with Crippen molar-refractivity contribution in [3.8, 4) is 6.07 Å². The van der Waals surface area contributed by atoms with Crippen molar-refractivity contribution in [2.75, 3.05) is 5.32 Å². The molecule has 18 heavy (non-hydrogen) atoms. The number of carbonyl (C=O) groups excluding carboxylic acids is 1. The molecule has 6 heteroatoms. The van der Waals surface area contributed by atoms with Gasteiger partial charge in [0.1, 0.15) is 11.7 Å². The molecule has 0 aliphatic heterocycles. The molecule has 0 spiro atoms. The van der Waals surface area contributed by atoms with E-state index in [1.54, 1.807) is 7.05 Å². The van der Waals surface area contributed by atoms with Crippen molar-refractivity contribution in [3.05, 3.63) is 6.33 Å². The van der Waals surface area contributed by atoms with E-state index in [9.17, 15) is 10.1 Å². The number of nitrogens with one attached hydrogen (secondary N) is 1. The first-order chi connectivity index (χ1) is 8.68. The lowest BCUT2D eigenvalue weighted by Gasteiger charge is -2.22. The summed E-state index contributed by atoms with van der Waals surface area (Å²) in [6, 6.07) is 2.22.